The van der Waals surface area contributed by atoms with Crippen LogP contribution >= 0.6 is 0 Å². The molecular formula is C22H32O5. The normalized spacial score (nSPS) is 36.9. The Morgan fingerprint density at radius 3 is 2.44 bits per heavy atom. The highest BCUT2D eigenvalue weighted by atomic mass is 16.7. The SMILES string of the molecule is COC1(OC)C(C(C)C)=C(O)C(=O)C2=C1C1CC3C(C)(C)CCCC3(C2)O1. The van der Waals surface area contributed by atoms with Crippen molar-refractivity contribution in [1.82, 2.24) is 0 Å². The van der Waals surface area contributed by atoms with Crippen molar-refractivity contribution < 1.29 is 24.1 Å². The van der Waals surface area contributed by atoms with Crippen LogP contribution in [0.2, 0.25) is 0 Å². The standard InChI is InChI=1S/C22H32O5/c1-12(2)16-19(24)18(23)13-11-21-9-7-8-20(3,4)15(21)10-14(27-21)17(13)22(16,25-5)26-6/h12,14-15,24H,7-11H2,1-6H3. The van der Waals surface area contributed by atoms with Gasteiger partial charge < -0.3 is 19.3 Å². The summed E-state index contributed by atoms with van der Waals surface area (Å²) in [7, 11) is 3.16. The van der Waals surface area contributed by atoms with Crippen molar-refractivity contribution in [2.75, 3.05) is 14.2 Å². The zero-order chi connectivity index (χ0) is 19.8. The van der Waals surface area contributed by atoms with Crippen LogP contribution in [0.5, 0.6) is 0 Å². The minimum Gasteiger partial charge on any atom is -0.504 e. The molecule has 5 heteroatoms. The quantitative estimate of drug-likeness (QED) is 0.752. The van der Waals surface area contributed by atoms with Crippen molar-refractivity contribution in [3.63, 3.8) is 0 Å². The van der Waals surface area contributed by atoms with E-state index in [-0.39, 0.29) is 34.6 Å². The maximum atomic E-state index is 13.2. The summed E-state index contributed by atoms with van der Waals surface area (Å²) in [6, 6.07) is 0. The molecule has 2 aliphatic carbocycles. The van der Waals surface area contributed by atoms with Crippen LogP contribution in [0, 0.1) is 17.3 Å². The molecule has 3 atom stereocenters. The third-order valence-electron chi connectivity index (χ3n) is 7.56. The predicted molar refractivity (Wildman–Crippen MR) is 101 cm³/mol. The number of methoxy groups -OCH3 is 2. The van der Waals surface area contributed by atoms with Gasteiger partial charge in [0.1, 0.15) is 0 Å². The summed E-state index contributed by atoms with van der Waals surface area (Å²) in [4.78, 5) is 13.2. The minimum atomic E-state index is -1.23. The molecule has 4 rings (SSSR count). The Labute approximate surface area is 161 Å². The summed E-state index contributed by atoms with van der Waals surface area (Å²) in [5.74, 6) is -1.42. The Bertz CT molecular complexity index is 740. The molecule has 1 spiro atoms. The van der Waals surface area contributed by atoms with E-state index in [9.17, 15) is 9.90 Å². The lowest BCUT2D eigenvalue weighted by Gasteiger charge is -2.50. The first-order valence-electron chi connectivity index (χ1n) is 10.1. The number of ketones is 1. The van der Waals surface area contributed by atoms with E-state index in [0.717, 1.165) is 24.8 Å². The molecule has 4 aliphatic rings. The Morgan fingerprint density at radius 1 is 1.19 bits per heavy atom. The van der Waals surface area contributed by atoms with Gasteiger partial charge in [-0.2, -0.15) is 0 Å². The summed E-state index contributed by atoms with van der Waals surface area (Å²) in [5.41, 5.74) is 1.81. The number of aliphatic hydroxyl groups is 1. The molecule has 2 bridgehead atoms. The van der Waals surface area contributed by atoms with Crippen molar-refractivity contribution in [3.05, 3.63) is 22.5 Å². The van der Waals surface area contributed by atoms with Gasteiger partial charge in [0.05, 0.1) is 11.7 Å². The number of hydrogen-bond donors (Lipinski definition) is 1. The van der Waals surface area contributed by atoms with E-state index in [1.165, 1.54) is 6.42 Å². The van der Waals surface area contributed by atoms with Gasteiger partial charge in [0.2, 0.25) is 11.6 Å². The lowest BCUT2D eigenvalue weighted by molar-refractivity contribution is -0.183. The number of fused-ring (bicyclic) bond motifs is 2. The Balaban J connectivity index is 1.89. The molecule has 2 heterocycles. The molecule has 2 fully saturated rings. The second-order valence-electron chi connectivity index (χ2n) is 9.64. The Hall–Kier alpha value is -1.17. The molecule has 1 saturated carbocycles. The summed E-state index contributed by atoms with van der Waals surface area (Å²) in [6.45, 7) is 8.52. The molecule has 0 amide bonds. The van der Waals surface area contributed by atoms with Crippen LogP contribution in [0.1, 0.15) is 59.8 Å². The fourth-order valence-corrected chi connectivity index (χ4v) is 6.50. The number of carbonyl (C=O) groups is 1. The van der Waals surface area contributed by atoms with Gasteiger partial charge in [0.15, 0.2) is 5.76 Å². The van der Waals surface area contributed by atoms with Crippen molar-refractivity contribution >= 4 is 5.78 Å². The van der Waals surface area contributed by atoms with Gasteiger partial charge in [-0.3, -0.25) is 4.79 Å². The highest BCUT2D eigenvalue weighted by molar-refractivity contribution is 6.10. The van der Waals surface area contributed by atoms with Crippen LogP contribution in [-0.4, -0.2) is 42.6 Å². The Kier molecular flexibility index (Phi) is 4.20. The van der Waals surface area contributed by atoms with Crippen molar-refractivity contribution in [1.29, 1.82) is 0 Å². The zero-order valence-electron chi connectivity index (χ0n) is 17.3. The summed E-state index contributed by atoms with van der Waals surface area (Å²) in [6.07, 6.45) is 4.45. The van der Waals surface area contributed by atoms with Crippen LogP contribution in [0.4, 0.5) is 0 Å². The number of ether oxygens (including phenoxy) is 3. The van der Waals surface area contributed by atoms with Gasteiger partial charge in [0.25, 0.3) is 0 Å². The third kappa shape index (κ3) is 2.31. The summed E-state index contributed by atoms with van der Waals surface area (Å²) >= 11 is 0. The maximum absolute atomic E-state index is 13.2. The van der Waals surface area contributed by atoms with Gasteiger partial charge in [-0.25, -0.2) is 0 Å². The molecule has 3 unspecified atom stereocenters. The predicted octanol–water partition coefficient (Wildman–Crippen LogP) is 4.08. The van der Waals surface area contributed by atoms with Crippen LogP contribution in [0.15, 0.2) is 22.5 Å². The second kappa shape index (κ2) is 5.91. The fraction of sp³-hybridized carbons (Fsp3) is 0.773. The van der Waals surface area contributed by atoms with E-state index in [2.05, 4.69) is 13.8 Å². The highest BCUT2D eigenvalue weighted by Crippen LogP contribution is 2.63. The molecule has 2 aliphatic heterocycles. The van der Waals surface area contributed by atoms with Crippen molar-refractivity contribution in [2.24, 2.45) is 17.3 Å². The molecular weight excluding hydrogens is 344 g/mol. The van der Waals surface area contributed by atoms with E-state index >= 15 is 0 Å². The first kappa shape index (κ1) is 19.2. The smallest absolute Gasteiger partial charge is 0.223 e. The number of aliphatic hydroxyl groups excluding tert-OH is 1. The molecule has 0 radical (unpaired) electrons. The van der Waals surface area contributed by atoms with Crippen LogP contribution in [0.25, 0.3) is 0 Å². The lowest BCUT2D eigenvalue weighted by Crippen LogP contribution is -2.53. The largest absolute Gasteiger partial charge is 0.504 e. The molecule has 1 N–H and O–H groups in total. The zero-order valence-corrected chi connectivity index (χ0v) is 17.3. The molecule has 27 heavy (non-hydrogen) atoms. The molecule has 0 aromatic heterocycles. The number of hydrogen-bond acceptors (Lipinski definition) is 5. The average Bonchev–Trinajstić information content (AvgIpc) is 2.92. The first-order valence-corrected chi connectivity index (χ1v) is 10.1. The van der Waals surface area contributed by atoms with E-state index in [1.54, 1.807) is 14.2 Å². The minimum absolute atomic E-state index is 0.0982. The molecule has 1 saturated heterocycles. The molecule has 150 valence electrons. The highest BCUT2D eigenvalue weighted by Gasteiger charge is 2.65. The maximum Gasteiger partial charge on any atom is 0.223 e. The van der Waals surface area contributed by atoms with Crippen LogP contribution in [-0.2, 0) is 19.0 Å². The van der Waals surface area contributed by atoms with Gasteiger partial charge >= 0.3 is 0 Å². The number of carbonyl (C=O) groups excluding carboxylic acids is 1. The van der Waals surface area contributed by atoms with Gasteiger partial charge in [-0.1, -0.05) is 34.1 Å². The van der Waals surface area contributed by atoms with E-state index in [1.807, 2.05) is 13.8 Å². The molecule has 0 aromatic carbocycles. The van der Waals surface area contributed by atoms with Gasteiger partial charge in [-0.15, -0.1) is 0 Å². The summed E-state index contributed by atoms with van der Waals surface area (Å²) in [5, 5.41) is 10.8. The monoisotopic (exact) mass is 376 g/mol. The molecule has 0 aromatic rings. The van der Waals surface area contributed by atoms with E-state index in [4.69, 9.17) is 14.2 Å². The van der Waals surface area contributed by atoms with E-state index in [0.29, 0.717) is 23.5 Å². The van der Waals surface area contributed by atoms with Crippen LogP contribution < -0.4 is 0 Å². The van der Waals surface area contributed by atoms with E-state index < -0.39 is 5.79 Å². The second-order valence-corrected chi connectivity index (χ2v) is 9.64. The average molecular weight is 376 g/mol. The van der Waals surface area contributed by atoms with Crippen LogP contribution in [0.3, 0.4) is 0 Å². The first-order chi connectivity index (χ1) is 12.6. The fourth-order valence-electron chi connectivity index (χ4n) is 6.50. The number of allylic oxidation sites excluding steroid dienone is 1. The lowest BCUT2D eigenvalue weighted by atomic mass is 9.60. The topological polar surface area (TPSA) is 65.0 Å². The number of Topliss-reactive ketones (excluding diaryl/α,β-unsaturated/α-hetero) is 1. The number of rotatable bonds is 3. The Morgan fingerprint density at radius 2 is 1.85 bits per heavy atom. The van der Waals surface area contributed by atoms with Crippen molar-refractivity contribution in [3.8, 4) is 0 Å². The van der Waals surface area contributed by atoms with Gasteiger partial charge in [0, 0.05) is 37.4 Å². The van der Waals surface area contributed by atoms with Crippen molar-refractivity contribution in [2.45, 2.75) is 77.3 Å². The molecule has 5 nitrogen and oxygen atoms in total. The third-order valence-corrected chi connectivity index (χ3v) is 7.56. The van der Waals surface area contributed by atoms with Gasteiger partial charge in [-0.05, 0) is 36.5 Å². The summed E-state index contributed by atoms with van der Waals surface area (Å²) < 4.78 is 18.5.